The Bertz CT molecular complexity index is 2960. The van der Waals surface area contributed by atoms with Crippen LogP contribution in [0.25, 0.3) is 66.1 Å². The SMILES string of the molecule is Cc1cc(C#N)cc(-c2cc(-n3c4cc(C(C)(C)C)ccc4c4ccc(C(C)(C)C)cc43)c(C#N)cc2-n2c3cc(C(C)(C)C)ccc3c3ccc(C(C)(C)C)cc32)c1. The number of hydrogen-bond donors (Lipinski definition) is 0. The van der Waals surface area contributed by atoms with E-state index in [1.165, 1.54) is 22.3 Å². The molecular formula is C55H56N4. The molecule has 0 bridgehead atoms. The summed E-state index contributed by atoms with van der Waals surface area (Å²) in [5.74, 6) is 0. The third kappa shape index (κ3) is 6.80. The second-order valence-corrected chi connectivity index (χ2v) is 20.8. The van der Waals surface area contributed by atoms with Crippen LogP contribution in [0.1, 0.15) is 122 Å². The molecule has 296 valence electrons. The standard InChI is InChI=1S/C55H56N4/c1-33-22-34(31-56)24-35(23-33)45-30-46(58-48-26-37(52(2,3)4)14-18-41(48)42-19-15-38(27-49(42)58)53(5,6)7)36(32-57)25-47(45)59-50-28-39(54(8,9)10)16-20-43(50)44-21-17-40(29-51(44)59)55(11,12)13/h14-30H,1-13H3. The molecule has 0 aliphatic heterocycles. The van der Waals surface area contributed by atoms with E-state index in [-0.39, 0.29) is 21.7 Å². The van der Waals surface area contributed by atoms with E-state index >= 15 is 0 Å². The van der Waals surface area contributed by atoms with E-state index in [0.29, 0.717) is 11.1 Å². The number of rotatable bonds is 3. The first kappa shape index (κ1) is 39.7. The molecule has 2 aromatic heterocycles. The lowest BCUT2D eigenvalue weighted by Crippen LogP contribution is -2.12. The molecule has 59 heavy (non-hydrogen) atoms. The van der Waals surface area contributed by atoms with Gasteiger partial charge in [0.15, 0.2) is 0 Å². The third-order valence-electron chi connectivity index (χ3n) is 12.2. The number of nitrogens with zero attached hydrogens (tertiary/aromatic N) is 4. The largest absolute Gasteiger partial charge is 0.309 e. The zero-order chi connectivity index (χ0) is 42.6. The van der Waals surface area contributed by atoms with Gasteiger partial charge in [0, 0.05) is 27.1 Å². The number of aromatic nitrogens is 2. The number of fused-ring (bicyclic) bond motifs is 6. The molecule has 0 spiro atoms. The molecule has 0 aliphatic carbocycles. The summed E-state index contributed by atoms with van der Waals surface area (Å²) >= 11 is 0. The van der Waals surface area contributed by atoms with Crippen LogP contribution in [0.4, 0.5) is 0 Å². The van der Waals surface area contributed by atoms with Crippen molar-refractivity contribution in [2.75, 3.05) is 0 Å². The van der Waals surface area contributed by atoms with Crippen LogP contribution in [-0.4, -0.2) is 9.13 Å². The van der Waals surface area contributed by atoms with Crippen LogP contribution in [0.3, 0.4) is 0 Å². The van der Waals surface area contributed by atoms with Crippen molar-refractivity contribution in [3.8, 4) is 34.6 Å². The van der Waals surface area contributed by atoms with E-state index in [1.807, 2.05) is 12.1 Å². The molecule has 0 saturated carbocycles. The van der Waals surface area contributed by atoms with E-state index in [0.717, 1.165) is 71.7 Å². The van der Waals surface area contributed by atoms with Crippen molar-refractivity contribution in [2.45, 2.75) is 112 Å². The zero-order valence-corrected chi connectivity index (χ0v) is 37.1. The minimum absolute atomic E-state index is 0.0802. The maximum Gasteiger partial charge on any atom is 0.101 e. The molecule has 4 nitrogen and oxygen atoms in total. The van der Waals surface area contributed by atoms with Gasteiger partial charge in [0.05, 0.1) is 50.6 Å². The quantitative estimate of drug-likeness (QED) is 0.180. The normalized spacial score (nSPS) is 12.8. The van der Waals surface area contributed by atoms with E-state index in [2.05, 4.69) is 202 Å². The summed E-state index contributed by atoms with van der Waals surface area (Å²) in [5.41, 5.74) is 14.7. The van der Waals surface area contributed by atoms with Gasteiger partial charge in [-0.2, -0.15) is 10.5 Å². The molecule has 0 amide bonds. The van der Waals surface area contributed by atoms with Gasteiger partial charge in [0.2, 0.25) is 0 Å². The van der Waals surface area contributed by atoms with Gasteiger partial charge in [-0.25, -0.2) is 0 Å². The molecule has 8 aromatic rings. The van der Waals surface area contributed by atoms with Gasteiger partial charge in [0.25, 0.3) is 0 Å². The average Bonchev–Trinajstić information content (AvgIpc) is 3.67. The second kappa shape index (κ2) is 13.5. The highest BCUT2D eigenvalue weighted by molar-refractivity contribution is 6.12. The van der Waals surface area contributed by atoms with Crippen molar-refractivity contribution in [3.63, 3.8) is 0 Å². The third-order valence-corrected chi connectivity index (χ3v) is 12.2. The molecule has 4 heteroatoms. The highest BCUT2D eigenvalue weighted by atomic mass is 15.0. The topological polar surface area (TPSA) is 57.4 Å². The van der Waals surface area contributed by atoms with Gasteiger partial charge < -0.3 is 9.13 Å². The maximum atomic E-state index is 11.4. The van der Waals surface area contributed by atoms with E-state index in [4.69, 9.17) is 0 Å². The minimum atomic E-state index is -0.0806. The zero-order valence-electron chi connectivity index (χ0n) is 37.1. The lowest BCUT2D eigenvalue weighted by Gasteiger charge is -2.23. The van der Waals surface area contributed by atoms with E-state index in [1.54, 1.807) is 0 Å². The Kier molecular flexibility index (Phi) is 9.07. The fourth-order valence-electron chi connectivity index (χ4n) is 8.69. The average molecular weight is 773 g/mol. The summed E-state index contributed by atoms with van der Waals surface area (Å²) in [4.78, 5) is 0. The number of hydrogen-bond acceptors (Lipinski definition) is 2. The molecule has 0 unspecified atom stereocenters. The molecule has 2 heterocycles. The first-order valence-corrected chi connectivity index (χ1v) is 20.9. The molecule has 0 fully saturated rings. The lowest BCUT2D eigenvalue weighted by atomic mass is 9.86. The Labute approximate surface area is 350 Å². The van der Waals surface area contributed by atoms with Gasteiger partial charge in [-0.05, 0) is 110 Å². The lowest BCUT2D eigenvalue weighted by molar-refractivity contribution is 0.590. The number of benzene rings is 6. The molecule has 0 aliphatic rings. The molecule has 0 saturated heterocycles. The van der Waals surface area contributed by atoms with Crippen molar-refractivity contribution in [1.82, 2.24) is 9.13 Å². The predicted octanol–water partition coefficient (Wildman–Crippen LogP) is 14.8. The molecule has 0 radical (unpaired) electrons. The molecule has 0 N–H and O–H groups in total. The van der Waals surface area contributed by atoms with Crippen LogP contribution in [-0.2, 0) is 21.7 Å². The van der Waals surface area contributed by atoms with Crippen LogP contribution >= 0.6 is 0 Å². The van der Waals surface area contributed by atoms with E-state index in [9.17, 15) is 10.5 Å². The Hall–Kier alpha value is -6.10. The summed E-state index contributed by atoms with van der Waals surface area (Å²) in [6, 6.07) is 42.9. The van der Waals surface area contributed by atoms with Crippen LogP contribution in [0.5, 0.6) is 0 Å². The van der Waals surface area contributed by atoms with E-state index < -0.39 is 0 Å². The molecule has 8 rings (SSSR count). The van der Waals surface area contributed by atoms with Crippen molar-refractivity contribution in [1.29, 1.82) is 10.5 Å². The van der Waals surface area contributed by atoms with Crippen LogP contribution in [0.2, 0.25) is 0 Å². The van der Waals surface area contributed by atoms with Crippen molar-refractivity contribution in [2.24, 2.45) is 0 Å². The summed E-state index contributed by atoms with van der Waals surface area (Å²) in [6.45, 7) is 29.1. The molecule has 6 aromatic carbocycles. The number of nitriles is 2. The first-order valence-electron chi connectivity index (χ1n) is 20.9. The minimum Gasteiger partial charge on any atom is -0.309 e. The summed E-state index contributed by atoms with van der Waals surface area (Å²) in [6.07, 6.45) is 0. The Balaban J connectivity index is 1.58. The first-order chi connectivity index (χ1) is 27.6. The highest BCUT2D eigenvalue weighted by Gasteiger charge is 2.26. The summed E-state index contributed by atoms with van der Waals surface area (Å²) < 4.78 is 4.70. The number of aryl methyl sites for hydroxylation is 1. The molecule has 0 atom stereocenters. The van der Waals surface area contributed by atoms with Gasteiger partial charge in [0.1, 0.15) is 6.07 Å². The summed E-state index contributed by atoms with van der Waals surface area (Å²) in [7, 11) is 0. The van der Waals surface area contributed by atoms with Gasteiger partial charge in [-0.3, -0.25) is 0 Å². The van der Waals surface area contributed by atoms with Crippen molar-refractivity contribution >= 4 is 43.6 Å². The molecular weight excluding hydrogens is 717 g/mol. The Morgan fingerprint density at radius 2 is 0.780 bits per heavy atom. The van der Waals surface area contributed by atoms with Crippen molar-refractivity contribution < 1.29 is 0 Å². The van der Waals surface area contributed by atoms with Gasteiger partial charge >= 0.3 is 0 Å². The summed E-state index contributed by atoms with van der Waals surface area (Å²) in [5, 5.41) is 26.3. The van der Waals surface area contributed by atoms with Crippen molar-refractivity contribution in [3.05, 3.63) is 142 Å². The Morgan fingerprint density at radius 1 is 0.407 bits per heavy atom. The fraction of sp³-hybridized carbons (Fsp3) is 0.309. The van der Waals surface area contributed by atoms with Gasteiger partial charge in [-0.1, -0.05) is 138 Å². The Morgan fingerprint density at radius 3 is 1.12 bits per heavy atom. The predicted molar refractivity (Wildman–Crippen MR) is 250 cm³/mol. The van der Waals surface area contributed by atoms with Crippen LogP contribution < -0.4 is 0 Å². The fourth-order valence-corrected chi connectivity index (χ4v) is 8.69. The second-order valence-electron chi connectivity index (χ2n) is 20.8. The van der Waals surface area contributed by atoms with Crippen LogP contribution in [0, 0.1) is 29.6 Å². The highest BCUT2D eigenvalue weighted by Crippen LogP contribution is 2.44. The van der Waals surface area contributed by atoms with Crippen LogP contribution in [0.15, 0.2) is 103 Å². The maximum absolute atomic E-state index is 11.4. The van der Waals surface area contributed by atoms with Gasteiger partial charge in [-0.15, -0.1) is 0 Å². The monoisotopic (exact) mass is 772 g/mol. The smallest absolute Gasteiger partial charge is 0.101 e.